The van der Waals surface area contributed by atoms with E-state index in [0.29, 0.717) is 13.1 Å². The van der Waals surface area contributed by atoms with Crippen LogP contribution in [0.5, 0.6) is 0 Å². The van der Waals surface area contributed by atoms with E-state index >= 15 is 0 Å². The van der Waals surface area contributed by atoms with Crippen molar-refractivity contribution in [1.82, 2.24) is 5.32 Å². The molecule has 1 aliphatic heterocycles. The van der Waals surface area contributed by atoms with E-state index in [4.69, 9.17) is 0 Å². The fourth-order valence-corrected chi connectivity index (χ4v) is 2.33. The van der Waals surface area contributed by atoms with Crippen molar-refractivity contribution in [3.05, 3.63) is 24.3 Å². The molecular formula is C14H20F3N3. The Morgan fingerprint density at radius 1 is 1.30 bits per heavy atom. The van der Waals surface area contributed by atoms with E-state index in [-0.39, 0.29) is 13.1 Å². The lowest BCUT2D eigenvalue weighted by Gasteiger charge is -2.28. The van der Waals surface area contributed by atoms with Crippen molar-refractivity contribution in [3.63, 3.8) is 0 Å². The molecule has 0 saturated carbocycles. The van der Waals surface area contributed by atoms with Gasteiger partial charge < -0.3 is 15.1 Å². The standard InChI is InChI=1S/C14H20F3N3/c1-19(2)12-4-3-5-13(8-12)20-7-6-18-9-11(10-20)14(15,16)17/h3-5,8,11,18H,6-7,9-10H2,1-2H3. The van der Waals surface area contributed by atoms with Crippen LogP contribution in [0, 0.1) is 5.92 Å². The van der Waals surface area contributed by atoms with Crippen LogP contribution in [0.4, 0.5) is 24.5 Å². The zero-order chi connectivity index (χ0) is 14.8. The second-order valence-electron chi connectivity index (χ2n) is 5.30. The van der Waals surface area contributed by atoms with Crippen molar-refractivity contribution in [3.8, 4) is 0 Å². The van der Waals surface area contributed by atoms with Gasteiger partial charge in [-0.05, 0) is 18.2 Å². The molecule has 2 rings (SSSR count). The largest absolute Gasteiger partial charge is 0.394 e. The average Bonchev–Trinajstić information content (AvgIpc) is 2.64. The maximum absolute atomic E-state index is 12.9. The summed E-state index contributed by atoms with van der Waals surface area (Å²) in [5.74, 6) is -1.33. The molecule has 0 aromatic heterocycles. The quantitative estimate of drug-likeness (QED) is 0.901. The van der Waals surface area contributed by atoms with Crippen molar-refractivity contribution >= 4 is 11.4 Å². The molecule has 6 heteroatoms. The Kier molecular flexibility index (Phi) is 4.42. The van der Waals surface area contributed by atoms with Gasteiger partial charge in [0.2, 0.25) is 0 Å². The van der Waals surface area contributed by atoms with Crippen LogP contribution < -0.4 is 15.1 Å². The highest BCUT2D eigenvalue weighted by atomic mass is 19.4. The minimum absolute atomic E-state index is 0.00658. The molecule has 1 atom stereocenters. The van der Waals surface area contributed by atoms with Crippen LogP contribution in [-0.4, -0.2) is 46.5 Å². The van der Waals surface area contributed by atoms with Gasteiger partial charge in [0.1, 0.15) is 0 Å². The molecule has 1 heterocycles. The number of rotatable bonds is 2. The summed E-state index contributed by atoms with van der Waals surface area (Å²) in [6.07, 6.45) is -4.16. The van der Waals surface area contributed by atoms with Crippen molar-refractivity contribution in [2.45, 2.75) is 6.18 Å². The molecule has 0 aliphatic carbocycles. The van der Waals surface area contributed by atoms with Gasteiger partial charge in [0, 0.05) is 51.6 Å². The third-order valence-corrected chi connectivity index (χ3v) is 3.56. The minimum Gasteiger partial charge on any atom is -0.378 e. The molecule has 1 unspecified atom stereocenters. The van der Waals surface area contributed by atoms with Gasteiger partial charge in [0.05, 0.1) is 5.92 Å². The van der Waals surface area contributed by atoms with Crippen molar-refractivity contribution < 1.29 is 13.2 Å². The Morgan fingerprint density at radius 2 is 2.05 bits per heavy atom. The molecule has 1 aromatic carbocycles. The maximum atomic E-state index is 12.9. The molecule has 1 aliphatic rings. The van der Waals surface area contributed by atoms with Gasteiger partial charge in [-0.2, -0.15) is 13.2 Å². The van der Waals surface area contributed by atoms with Gasteiger partial charge in [-0.15, -0.1) is 0 Å². The van der Waals surface area contributed by atoms with E-state index in [1.54, 1.807) is 0 Å². The summed E-state index contributed by atoms with van der Waals surface area (Å²) in [7, 11) is 3.84. The third-order valence-electron chi connectivity index (χ3n) is 3.56. The van der Waals surface area contributed by atoms with E-state index < -0.39 is 12.1 Å². The zero-order valence-corrected chi connectivity index (χ0v) is 11.7. The predicted octanol–water partition coefficient (Wildman–Crippen LogP) is 2.34. The molecule has 0 bridgehead atoms. The highest BCUT2D eigenvalue weighted by Crippen LogP contribution is 2.30. The predicted molar refractivity (Wildman–Crippen MR) is 75.4 cm³/mol. The Morgan fingerprint density at radius 3 is 2.70 bits per heavy atom. The minimum atomic E-state index is -4.16. The Labute approximate surface area is 117 Å². The SMILES string of the molecule is CN(C)c1cccc(N2CCNCC(C(F)(F)F)C2)c1. The Hall–Kier alpha value is -1.43. The molecule has 0 amide bonds. The topological polar surface area (TPSA) is 18.5 Å². The number of nitrogens with zero attached hydrogens (tertiary/aromatic N) is 2. The normalized spacial score (nSPS) is 20.6. The highest BCUT2D eigenvalue weighted by molar-refractivity contribution is 5.59. The molecule has 112 valence electrons. The first kappa shape index (κ1) is 15.0. The first-order valence-corrected chi connectivity index (χ1v) is 6.67. The molecule has 0 radical (unpaired) electrons. The number of anilines is 2. The van der Waals surface area contributed by atoms with Crippen LogP contribution in [0.25, 0.3) is 0 Å². The number of hydrogen-bond donors (Lipinski definition) is 1. The smallest absolute Gasteiger partial charge is 0.378 e. The van der Waals surface area contributed by atoms with E-state index in [1.165, 1.54) is 0 Å². The lowest BCUT2D eigenvalue weighted by atomic mass is 10.1. The first-order valence-electron chi connectivity index (χ1n) is 6.67. The van der Waals surface area contributed by atoms with Gasteiger partial charge in [0.25, 0.3) is 0 Å². The molecular weight excluding hydrogens is 267 g/mol. The number of benzene rings is 1. The Balaban J connectivity index is 2.20. The van der Waals surface area contributed by atoms with Crippen molar-refractivity contribution in [2.24, 2.45) is 5.92 Å². The zero-order valence-electron chi connectivity index (χ0n) is 11.7. The molecule has 1 N–H and O–H groups in total. The lowest BCUT2D eigenvalue weighted by molar-refractivity contribution is -0.169. The molecule has 1 fully saturated rings. The summed E-state index contributed by atoms with van der Waals surface area (Å²) < 4.78 is 38.8. The van der Waals surface area contributed by atoms with Gasteiger partial charge >= 0.3 is 6.18 Å². The monoisotopic (exact) mass is 287 g/mol. The second-order valence-corrected chi connectivity index (χ2v) is 5.30. The maximum Gasteiger partial charge on any atom is 0.394 e. The highest BCUT2D eigenvalue weighted by Gasteiger charge is 2.41. The first-order chi connectivity index (χ1) is 9.38. The fourth-order valence-electron chi connectivity index (χ4n) is 2.33. The summed E-state index contributed by atoms with van der Waals surface area (Å²) >= 11 is 0. The van der Waals surface area contributed by atoms with Gasteiger partial charge in [-0.25, -0.2) is 0 Å². The third kappa shape index (κ3) is 3.56. The van der Waals surface area contributed by atoms with Gasteiger partial charge in [-0.1, -0.05) is 6.07 Å². The number of alkyl halides is 3. The molecule has 20 heavy (non-hydrogen) atoms. The molecule has 1 saturated heterocycles. The molecule has 1 aromatic rings. The van der Waals surface area contributed by atoms with E-state index in [2.05, 4.69) is 5.32 Å². The Bertz CT molecular complexity index is 446. The average molecular weight is 287 g/mol. The summed E-state index contributed by atoms with van der Waals surface area (Å²) in [4.78, 5) is 3.76. The van der Waals surface area contributed by atoms with Crippen LogP contribution in [0.1, 0.15) is 0 Å². The van der Waals surface area contributed by atoms with Gasteiger partial charge in [-0.3, -0.25) is 0 Å². The number of hydrogen-bond acceptors (Lipinski definition) is 3. The van der Waals surface area contributed by atoms with Crippen LogP contribution >= 0.6 is 0 Å². The summed E-state index contributed by atoms with van der Waals surface area (Å²) in [6.45, 7) is 1.16. The number of halogens is 3. The summed E-state index contributed by atoms with van der Waals surface area (Å²) in [5, 5.41) is 2.87. The van der Waals surface area contributed by atoms with Gasteiger partial charge in [0.15, 0.2) is 0 Å². The summed E-state index contributed by atoms with van der Waals surface area (Å²) in [5.41, 5.74) is 1.83. The van der Waals surface area contributed by atoms with Crippen LogP contribution in [0.15, 0.2) is 24.3 Å². The van der Waals surface area contributed by atoms with E-state index in [9.17, 15) is 13.2 Å². The van der Waals surface area contributed by atoms with Crippen molar-refractivity contribution in [2.75, 3.05) is 50.1 Å². The summed E-state index contributed by atoms with van der Waals surface area (Å²) in [6, 6.07) is 7.62. The lowest BCUT2D eigenvalue weighted by Crippen LogP contribution is -2.38. The van der Waals surface area contributed by atoms with E-state index in [0.717, 1.165) is 11.4 Å². The fraction of sp³-hybridized carbons (Fsp3) is 0.571. The molecule has 0 spiro atoms. The van der Waals surface area contributed by atoms with E-state index in [1.807, 2.05) is 48.2 Å². The van der Waals surface area contributed by atoms with Crippen LogP contribution in [-0.2, 0) is 0 Å². The van der Waals surface area contributed by atoms with Crippen molar-refractivity contribution in [1.29, 1.82) is 0 Å². The molecule has 3 nitrogen and oxygen atoms in total. The van der Waals surface area contributed by atoms with Crippen LogP contribution in [0.3, 0.4) is 0 Å². The number of nitrogens with one attached hydrogen (secondary N) is 1. The second kappa shape index (κ2) is 5.91. The van der Waals surface area contributed by atoms with Crippen LogP contribution in [0.2, 0.25) is 0 Å².